The predicted octanol–water partition coefficient (Wildman–Crippen LogP) is 4.98. The summed E-state index contributed by atoms with van der Waals surface area (Å²) in [6, 6.07) is 26.0. The highest BCUT2D eigenvalue weighted by atomic mass is 19.1. The van der Waals surface area contributed by atoms with E-state index in [4.69, 9.17) is 4.52 Å². The molecular formula is C29H28FN3O3. The zero-order chi connectivity index (χ0) is 25.1. The summed E-state index contributed by atoms with van der Waals surface area (Å²) in [4.78, 5) is 15.3. The predicted molar refractivity (Wildman–Crippen MR) is 134 cm³/mol. The van der Waals surface area contributed by atoms with E-state index in [0.29, 0.717) is 30.8 Å². The first kappa shape index (κ1) is 23.9. The number of piperidine rings is 1. The minimum atomic E-state index is -1.16. The summed E-state index contributed by atoms with van der Waals surface area (Å²) < 4.78 is 19.1. The second kappa shape index (κ2) is 10.0. The quantitative estimate of drug-likeness (QED) is 0.403. The highest BCUT2D eigenvalue weighted by Crippen LogP contribution is 2.38. The second-order valence-electron chi connectivity index (χ2n) is 9.44. The smallest absolute Gasteiger partial charge is 0.251 e. The number of halogens is 1. The molecule has 1 amide bonds. The summed E-state index contributed by atoms with van der Waals surface area (Å²) in [5, 5.41) is 18.7. The third kappa shape index (κ3) is 5.08. The summed E-state index contributed by atoms with van der Waals surface area (Å²) in [7, 11) is 0. The number of carbonyl (C=O) groups excluding carboxylic acids is 1. The molecule has 5 rings (SSSR count). The van der Waals surface area contributed by atoms with Crippen LogP contribution in [0.25, 0.3) is 11.3 Å². The number of benzene rings is 3. The van der Waals surface area contributed by atoms with Gasteiger partial charge < -0.3 is 14.9 Å². The number of hydrogen-bond acceptors (Lipinski definition) is 5. The molecule has 4 aromatic rings. The standard InChI is InChI=1S/C29H28FN3O3/c1-29(35)16-17-33(19-24-18-25(32-36-24)20-8-4-2-5-9-20)26(21-10-6-3-7-11-21)27(29)31-28(34)22-12-14-23(30)15-13-22/h2-15,18,26-27,35H,16-17,19H2,1H3,(H,31,34). The third-order valence-electron chi connectivity index (χ3n) is 6.81. The van der Waals surface area contributed by atoms with E-state index >= 15 is 0 Å². The number of aliphatic hydroxyl groups is 1. The van der Waals surface area contributed by atoms with Gasteiger partial charge in [0.2, 0.25) is 0 Å². The van der Waals surface area contributed by atoms with Crippen molar-refractivity contribution in [2.75, 3.05) is 6.54 Å². The van der Waals surface area contributed by atoms with Crippen molar-refractivity contribution in [3.63, 3.8) is 0 Å². The number of rotatable bonds is 6. The van der Waals surface area contributed by atoms with Crippen molar-refractivity contribution in [1.29, 1.82) is 0 Å². The van der Waals surface area contributed by atoms with Gasteiger partial charge in [0.05, 0.1) is 24.2 Å². The Kier molecular flexibility index (Phi) is 6.67. The van der Waals surface area contributed by atoms with Crippen LogP contribution in [0.4, 0.5) is 4.39 Å². The van der Waals surface area contributed by atoms with Crippen LogP contribution in [-0.2, 0) is 6.54 Å². The van der Waals surface area contributed by atoms with E-state index in [1.807, 2.05) is 66.7 Å². The number of nitrogens with one attached hydrogen (secondary N) is 1. The van der Waals surface area contributed by atoms with Gasteiger partial charge in [-0.2, -0.15) is 0 Å². The molecule has 0 bridgehead atoms. The molecule has 3 unspecified atom stereocenters. The lowest BCUT2D eigenvalue weighted by Crippen LogP contribution is -2.62. The highest BCUT2D eigenvalue weighted by Gasteiger charge is 2.46. The van der Waals surface area contributed by atoms with E-state index in [-0.39, 0.29) is 11.9 Å². The lowest BCUT2D eigenvalue weighted by Gasteiger charge is -2.49. The summed E-state index contributed by atoms with van der Waals surface area (Å²) in [5.41, 5.74) is 1.86. The van der Waals surface area contributed by atoms with Crippen molar-refractivity contribution >= 4 is 5.91 Å². The van der Waals surface area contributed by atoms with Crippen LogP contribution in [0.1, 0.15) is 41.1 Å². The minimum Gasteiger partial charge on any atom is -0.388 e. The Labute approximate surface area is 209 Å². The Bertz CT molecular complexity index is 1310. The van der Waals surface area contributed by atoms with E-state index in [2.05, 4.69) is 15.4 Å². The molecule has 184 valence electrons. The molecule has 1 aromatic heterocycles. The second-order valence-corrected chi connectivity index (χ2v) is 9.44. The maximum Gasteiger partial charge on any atom is 0.251 e. The monoisotopic (exact) mass is 485 g/mol. The maximum atomic E-state index is 13.4. The normalized spacial score (nSPS) is 22.3. The lowest BCUT2D eigenvalue weighted by molar-refractivity contribution is -0.0681. The molecule has 0 saturated carbocycles. The molecule has 3 atom stereocenters. The Balaban J connectivity index is 1.45. The Morgan fingerprint density at radius 3 is 2.44 bits per heavy atom. The number of likely N-dealkylation sites (tertiary alicyclic amines) is 1. The largest absolute Gasteiger partial charge is 0.388 e. The van der Waals surface area contributed by atoms with Crippen molar-refractivity contribution in [3.8, 4) is 11.3 Å². The van der Waals surface area contributed by atoms with Gasteiger partial charge in [-0.15, -0.1) is 0 Å². The first-order valence-electron chi connectivity index (χ1n) is 12.0. The average molecular weight is 486 g/mol. The molecule has 0 spiro atoms. The maximum absolute atomic E-state index is 13.4. The van der Waals surface area contributed by atoms with Gasteiger partial charge in [-0.3, -0.25) is 9.69 Å². The van der Waals surface area contributed by atoms with Crippen LogP contribution in [0.5, 0.6) is 0 Å². The number of hydrogen-bond donors (Lipinski definition) is 2. The molecule has 7 heteroatoms. The first-order chi connectivity index (χ1) is 17.4. The fraction of sp³-hybridized carbons (Fsp3) is 0.241. The molecule has 1 aliphatic heterocycles. The van der Waals surface area contributed by atoms with E-state index in [1.54, 1.807) is 6.92 Å². The summed E-state index contributed by atoms with van der Waals surface area (Å²) in [5.74, 6) is -0.0829. The van der Waals surface area contributed by atoms with Gasteiger partial charge in [0.15, 0.2) is 5.76 Å². The SMILES string of the molecule is CC1(O)CCN(Cc2cc(-c3ccccc3)no2)C(c2ccccc2)C1NC(=O)c1ccc(F)cc1. The minimum absolute atomic E-state index is 0.329. The van der Waals surface area contributed by atoms with E-state index in [9.17, 15) is 14.3 Å². The van der Waals surface area contributed by atoms with Crippen LogP contribution in [0.2, 0.25) is 0 Å². The number of amides is 1. The zero-order valence-electron chi connectivity index (χ0n) is 20.0. The van der Waals surface area contributed by atoms with Crippen LogP contribution in [0.3, 0.4) is 0 Å². The fourth-order valence-electron chi connectivity index (χ4n) is 4.84. The van der Waals surface area contributed by atoms with Gasteiger partial charge in [0.1, 0.15) is 11.5 Å². The molecule has 3 aromatic carbocycles. The molecule has 0 aliphatic carbocycles. The van der Waals surface area contributed by atoms with E-state index < -0.39 is 17.5 Å². The summed E-state index contributed by atoms with van der Waals surface area (Å²) >= 11 is 0. The molecule has 2 heterocycles. The van der Waals surface area contributed by atoms with E-state index in [1.165, 1.54) is 24.3 Å². The van der Waals surface area contributed by atoms with Gasteiger partial charge in [-0.05, 0) is 43.2 Å². The number of aromatic nitrogens is 1. The molecule has 6 nitrogen and oxygen atoms in total. The molecule has 2 N–H and O–H groups in total. The molecular weight excluding hydrogens is 457 g/mol. The zero-order valence-corrected chi connectivity index (χ0v) is 20.0. The Morgan fingerprint density at radius 1 is 1.08 bits per heavy atom. The van der Waals surface area contributed by atoms with Crippen molar-refractivity contribution in [2.24, 2.45) is 0 Å². The molecule has 1 fully saturated rings. The molecule has 1 aliphatic rings. The summed E-state index contributed by atoms with van der Waals surface area (Å²) in [6.07, 6.45) is 0.449. The summed E-state index contributed by atoms with van der Waals surface area (Å²) in [6.45, 7) is 2.80. The first-order valence-corrected chi connectivity index (χ1v) is 12.0. The molecule has 1 saturated heterocycles. The number of nitrogens with zero attached hydrogens (tertiary/aromatic N) is 2. The van der Waals surface area contributed by atoms with Crippen LogP contribution in [0, 0.1) is 5.82 Å². The molecule has 36 heavy (non-hydrogen) atoms. The molecule has 0 radical (unpaired) electrons. The van der Waals surface area contributed by atoms with Gasteiger partial charge in [0, 0.05) is 23.7 Å². The van der Waals surface area contributed by atoms with Gasteiger partial charge in [-0.25, -0.2) is 4.39 Å². The van der Waals surface area contributed by atoms with Crippen molar-refractivity contribution < 1.29 is 18.8 Å². The van der Waals surface area contributed by atoms with Gasteiger partial charge in [-0.1, -0.05) is 65.8 Å². The topological polar surface area (TPSA) is 78.6 Å². The highest BCUT2D eigenvalue weighted by molar-refractivity contribution is 5.94. The van der Waals surface area contributed by atoms with E-state index in [0.717, 1.165) is 16.8 Å². The Hall–Kier alpha value is -3.81. The Morgan fingerprint density at radius 2 is 1.75 bits per heavy atom. The van der Waals surface area contributed by atoms with Crippen molar-refractivity contribution in [3.05, 3.63) is 114 Å². The number of carbonyl (C=O) groups is 1. The van der Waals surface area contributed by atoms with Crippen LogP contribution >= 0.6 is 0 Å². The van der Waals surface area contributed by atoms with Gasteiger partial charge in [0.25, 0.3) is 5.91 Å². The van der Waals surface area contributed by atoms with Crippen LogP contribution in [-0.4, -0.2) is 39.3 Å². The van der Waals surface area contributed by atoms with Crippen molar-refractivity contribution in [2.45, 2.75) is 37.6 Å². The van der Waals surface area contributed by atoms with Crippen LogP contribution < -0.4 is 5.32 Å². The average Bonchev–Trinajstić information content (AvgIpc) is 3.36. The van der Waals surface area contributed by atoms with Gasteiger partial charge >= 0.3 is 0 Å². The third-order valence-corrected chi connectivity index (χ3v) is 6.81. The lowest BCUT2D eigenvalue weighted by atomic mass is 9.79. The van der Waals surface area contributed by atoms with Crippen molar-refractivity contribution in [1.82, 2.24) is 15.4 Å². The van der Waals surface area contributed by atoms with Crippen LogP contribution in [0.15, 0.2) is 95.5 Å². The fourth-order valence-corrected chi connectivity index (χ4v) is 4.84.